The standard InChI is InChI=1S/C31H32N4O3S/c1-19(2)38-25-14-12-23(13-15-25)35-29(28(33-31(35)39)27-11-6-7-16-32-27)26-17-20(3)34(21(26)4)24-10-8-9-22(18-24)30(36)37-5/h6-19,28-29H,1-5H3,(H,33,39)/t28-,29+/m0/s1. The molecule has 4 aromatic rings. The van der Waals surface area contributed by atoms with Crippen LogP contribution in [0.5, 0.6) is 5.75 Å². The van der Waals surface area contributed by atoms with Crippen LogP contribution in [0.4, 0.5) is 5.69 Å². The first kappa shape index (κ1) is 26.4. The Morgan fingerprint density at radius 1 is 1.00 bits per heavy atom. The zero-order chi connectivity index (χ0) is 27.7. The van der Waals surface area contributed by atoms with Gasteiger partial charge in [0.15, 0.2) is 5.11 Å². The molecule has 0 aliphatic carbocycles. The number of benzene rings is 2. The highest BCUT2D eigenvalue weighted by Crippen LogP contribution is 2.44. The first-order chi connectivity index (χ1) is 18.8. The molecule has 0 spiro atoms. The summed E-state index contributed by atoms with van der Waals surface area (Å²) in [5.41, 5.74) is 6.48. The number of aromatic nitrogens is 2. The molecule has 1 aliphatic heterocycles. The molecule has 39 heavy (non-hydrogen) atoms. The van der Waals surface area contributed by atoms with E-state index < -0.39 is 0 Å². The fraction of sp³-hybridized carbons (Fsp3) is 0.258. The number of carbonyl (C=O) groups is 1. The minimum Gasteiger partial charge on any atom is -0.491 e. The Hall–Kier alpha value is -4.17. The van der Waals surface area contributed by atoms with E-state index in [1.54, 1.807) is 12.3 Å². The molecule has 0 amide bonds. The SMILES string of the molecule is COC(=O)c1cccc(-n2c(C)cc([C@@H]3[C@H](c4ccccn4)NC(=S)N3c3ccc(OC(C)C)cc3)c2C)c1. The lowest BCUT2D eigenvalue weighted by Crippen LogP contribution is -2.29. The summed E-state index contributed by atoms with van der Waals surface area (Å²) in [6.07, 6.45) is 1.90. The molecule has 200 valence electrons. The molecule has 1 fully saturated rings. The van der Waals surface area contributed by atoms with Gasteiger partial charge < -0.3 is 24.3 Å². The Balaban J connectivity index is 1.62. The van der Waals surface area contributed by atoms with Gasteiger partial charge in [-0.05, 0) is 106 Å². The fourth-order valence-corrected chi connectivity index (χ4v) is 5.63. The maximum atomic E-state index is 12.2. The van der Waals surface area contributed by atoms with Gasteiger partial charge in [0, 0.05) is 29.0 Å². The minimum atomic E-state index is -0.365. The van der Waals surface area contributed by atoms with Crippen LogP contribution in [-0.2, 0) is 4.74 Å². The number of hydrogen-bond acceptors (Lipinski definition) is 5. The molecular formula is C31H32N4O3S. The third kappa shape index (κ3) is 5.12. The summed E-state index contributed by atoms with van der Waals surface area (Å²) < 4.78 is 13.0. The number of hydrogen-bond donors (Lipinski definition) is 1. The average molecular weight is 541 g/mol. The summed E-state index contributed by atoms with van der Waals surface area (Å²) in [7, 11) is 1.39. The summed E-state index contributed by atoms with van der Waals surface area (Å²) in [6, 6.07) is 23.3. The Bertz CT molecular complexity index is 1500. The van der Waals surface area contributed by atoms with Gasteiger partial charge in [-0.2, -0.15) is 0 Å². The highest BCUT2D eigenvalue weighted by Gasteiger charge is 2.42. The number of nitrogens with zero attached hydrogens (tertiary/aromatic N) is 3. The second-order valence-corrected chi connectivity index (χ2v) is 10.2. The molecule has 0 bridgehead atoms. The van der Waals surface area contributed by atoms with E-state index in [1.165, 1.54) is 7.11 Å². The molecule has 2 atom stereocenters. The molecule has 1 saturated heterocycles. The number of ether oxygens (including phenoxy) is 2. The average Bonchev–Trinajstić information content (AvgIpc) is 3.43. The van der Waals surface area contributed by atoms with Crippen molar-refractivity contribution in [3.8, 4) is 11.4 Å². The van der Waals surface area contributed by atoms with Crippen molar-refractivity contribution in [2.75, 3.05) is 12.0 Å². The number of thiocarbonyl (C=S) groups is 1. The van der Waals surface area contributed by atoms with Crippen LogP contribution >= 0.6 is 12.2 Å². The van der Waals surface area contributed by atoms with Crippen molar-refractivity contribution >= 4 is 29.0 Å². The van der Waals surface area contributed by atoms with Gasteiger partial charge in [0.1, 0.15) is 5.75 Å². The van der Waals surface area contributed by atoms with Gasteiger partial charge in [0.25, 0.3) is 0 Å². The van der Waals surface area contributed by atoms with Crippen molar-refractivity contribution in [3.05, 3.63) is 107 Å². The van der Waals surface area contributed by atoms with Crippen LogP contribution in [0.25, 0.3) is 5.69 Å². The van der Waals surface area contributed by atoms with Gasteiger partial charge in [-0.15, -0.1) is 0 Å². The Morgan fingerprint density at radius 2 is 1.77 bits per heavy atom. The summed E-state index contributed by atoms with van der Waals surface area (Å²) >= 11 is 5.91. The molecule has 5 rings (SSSR count). The molecule has 8 heteroatoms. The van der Waals surface area contributed by atoms with Crippen molar-refractivity contribution < 1.29 is 14.3 Å². The van der Waals surface area contributed by atoms with E-state index in [0.717, 1.165) is 39.8 Å². The van der Waals surface area contributed by atoms with Crippen LogP contribution in [0, 0.1) is 13.8 Å². The first-order valence-corrected chi connectivity index (χ1v) is 13.3. The van der Waals surface area contributed by atoms with Crippen LogP contribution in [0.2, 0.25) is 0 Å². The van der Waals surface area contributed by atoms with E-state index in [2.05, 4.69) is 39.7 Å². The predicted molar refractivity (Wildman–Crippen MR) is 157 cm³/mol. The topological polar surface area (TPSA) is 68.6 Å². The number of methoxy groups -OCH3 is 1. The van der Waals surface area contributed by atoms with Crippen LogP contribution < -0.4 is 15.0 Å². The van der Waals surface area contributed by atoms with Crippen molar-refractivity contribution in [3.63, 3.8) is 0 Å². The summed E-state index contributed by atoms with van der Waals surface area (Å²) in [6.45, 7) is 8.19. The molecule has 0 unspecified atom stereocenters. The number of anilines is 1. The second kappa shape index (κ2) is 10.9. The van der Waals surface area contributed by atoms with Crippen molar-refractivity contribution in [2.45, 2.75) is 45.9 Å². The van der Waals surface area contributed by atoms with E-state index in [-0.39, 0.29) is 24.2 Å². The van der Waals surface area contributed by atoms with Gasteiger partial charge in [-0.3, -0.25) is 4.98 Å². The zero-order valence-corrected chi connectivity index (χ0v) is 23.5. The number of pyridine rings is 1. The van der Waals surface area contributed by atoms with Crippen LogP contribution in [-0.4, -0.2) is 33.8 Å². The monoisotopic (exact) mass is 540 g/mol. The number of nitrogens with one attached hydrogen (secondary N) is 1. The lowest BCUT2D eigenvalue weighted by atomic mass is 9.96. The minimum absolute atomic E-state index is 0.0924. The molecule has 2 aromatic carbocycles. The molecule has 0 saturated carbocycles. The largest absolute Gasteiger partial charge is 0.491 e. The third-order valence-electron chi connectivity index (χ3n) is 6.90. The normalized spacial score (nSPS) is 16.9. The molecule has 1 aliphatic rings. The number of carbonyl (C=O) groups excluding carboxylic acids is 1. The molecule has 7 nitrogen and oxygen atoms in total. The quantitative estimate of drug-likeness (QED) is 0.220. The Kier molecular flexibility index (Phi) is 7.39. The summed E-state index contributed by atoms with van der Waals surface area (Å²) in [4.78, 5) is 19.1. The maximum Gasteiger partial charge on any atom is 0.337 e. The van der Waals surface area contributed by atoms with Crippen molar-refractivity contribution in [1.82, 2.24) is 14.9 Å². The predicted octanol–water partition coefficient (Wildman–Crippen LogP) is 6.24. The molecular weight excluding hydrogens is 508 g/mol. The number of rotatable bonds is 7. The van der Waals surface area contributed by atoms with E-state index in [0.29, 0.717) is 10.7 Å². The van der Waals surface area contributed by atoms with Crippen molar-refractivity contribution in [1.29, 1.82) is 0 Å². The zero-order valence-electron chi connectivity index (χ0n) is 22.7. The second-order valence-electron chi connectivity index (χ2n) is 9.86. The van der Waals surface area contributed by atoms with E-state index >= 15 is 0 Å². The lowest BCUT2D eigenvalue weighted by Gasteiger charge is -2.28. The third-order valence-corrected chi connectivity index (χ3v) is 7.21. The molecule has 2 aromatic heterocycles. The molecule has 3 heterocycles. The summed E-state index contributed by atoms with van der Waals surface area (Å²) in [5.74, 6) is 0.449. The lowest BCUT2D eigenvalue weighted by molar-refractivity contribution is 0.0600. The van der Waals surface area contributed by atoms with Gasteiger partial charge in [0.2, 0.25) is 0 Å². The van der Waals surface area contributed by atoms with Gasteiger partial charge >= 0.3 is 5.97 Å². The van der Waals surface area contributed by atoms with Crippen LogP contribution in [0.15, 0.2) is 79.0 Å². The highest BCUT2D eigenvalue weighted by atomic mass is 32.1. The molecule has 1 N–H and O–H groups in total. The number of aryl methyl sites for hydroxylation is 1. The van der Waals surface area contributed by atoms with E-state index in [1.807, 2.05) is 74.5 Å². The van der Waals surface area contributed by atoms with Crippen molar-refractivity contribution in [2.24, 2.45) is 0 Å². The van der Waals surface area contributed by atoms with E-state index in [9.17, 15) is 4.79 Å². The van der Waals surface area contributed by atoms with Gasteiger partial charge in [0.05, 0.1) is 36.6 Å². The Morgan fingerprint density at radius 3 is 2.44 bits per heavy atom. The van der Waals surface area contributed by atoms with Crippen LogP contribution in [0.3, 0.4) is 0 Å². The fourth-order valence-electron chi connectivity index (χ4n) is 5.28. The Labute approximate surface area is 234 Å². The molecule has 0 radical (unpaired) electrons. The maximum absolute atomic E-state index is 12.2. The summed E-state index contributed by atoms with van der Waals surface area (Å²) in [5, 5.41) is 4.16. The van der Waals surface area contributed by atoms with Gasteiger partial charge in [-0.25, -0.2) is 4.79 Å². The smallest absolute Gasteiger partial charge is 0.337 e. The first-order valence-electron chi connectivity index (χ1n) is 12.9. The van der Waals surface area contributed by atoms with Gasteiger partial charge in [-0.1, -0.05) is 12.1 Å². The van der Waals surface area contributed by atoms with Crippen LogP contribution in [0.1, 0.15) is 58.9 Å². The van der Waals surface area contributed by atoms with E-state index in [4.69, 9.17) is 21.7 Å². The number of esters is 1. The highest BCUT2D eigenvalue weighted by molar-refractivity contribution is 7.80.